The second-order valence-corrected chi connectivity index (χ2v) is 3.77. The maximum absolute atomic E-state index is 11.7. The van der Waals surface area contributed by atoms with Gasteiger partial charge >= 0.3 is 0 Å². The minimum atomic E-state index is -0.408. The van der Waals surface area contributed by atoms with Crippen LogP contribution in [0.3, 0.4) is 0 Å². The van der Waals surface area contributed by atoms with E-state index in [0.29, 0.717) is 5.33 Å². The lowest BCUT2D eigenvalue weighted by molar-refractivity contribution is -0.124. The monoisotopic (exact) mass is 255 g/mol. The molecule has 1 aliphatic heterocycles. The number of likely N-dealkylation sites (N-methyl/N-ethyl adjacent to an activating group) is 1. The second kappa shape index (κ2) is 3.61. The summed E-state index contributed by atoms with van der Waals surface area (Å²) in [6, 6.07) is 7.53. The summed E-state index contributed by atoms with van der Waals surface area (Å²) in [7, 11) is 1.76. The molecule has 1 atom stereocenters. The summed E-state index contributed by atoms with van der Waals surface area (Å²) < 4.78 is 5.53. The van der Waals surface area contributed by atoms with Gasteiger partial charge in [0.15, 0.2) is 6.10 Å². The zero-order chi connectivity index (χ0) is 10.1. The Kier molecular flexibility index (Phi) is 2.46. The standard InChI is InChI=1S/C10H10BrNO2/c1-12-7-4-2-3-5-8(7)14-9(6-11)10(12)13/h2-5,9H,6H2,1H3. The van der Waals surface area contributed by atoms with Crippen LogP contribution in [-0.2, 0) is 4.79 Å². The van der Waals surface area contributed by atoms with E-state index in [0.717, 1.165) is 11.4 Å². The van der Waals surface area contributed by atoms with Crippen LogP contribution in [0, 0.1) is 0 Å². The fourth-order valence-corrected chi connectivity index (χ4v) is 1.88. The van der Waals surface area contributed by atoms with Crippen LogP contribution in [0.4, 0.5) is 5.69 Å². The Morgan fingerprint density at radius 1 is 1.50 bits per heavy atom. The van der Waals surface area contributed by atoms with Crippen molar-refractivity contribution in [3.8, 4) is 5.75 Å². The van der Waals surface area contributed by atoms with Crippen LogP contribution in [0.5, 0.6) is 5.75 Å². The van der Waals surface area contributed by atoms with Gasteiger partial charge in [0, 0.05) is 12.4 Å². The molecule has 74 valence electrons. The van der Waals surface area contributed by atoms with Gasteiger partial charge in [0.1, 0.15) is 5.75 Å². The first kappa shape index (κ1) is 9.52. The maximum Gasteiger partial charge on any atom is 0.268 e. The van der Waals surface area contributed by atoms with Crippen LogP contribution in [0.15, 0.2) is 24.3 Å². The Balaban J connectivity index is 2.42. The number of hydrogen-bond acceptors (Lipinski definition) is 2. The lowest BCUT2D eigenvalue weighted by Crippen LogP contribution is -2.44. The van der Waals surface area contributed by atoms with Crippen LogP contribution >= 0.6 is 15.9 Å². The summed E-state index contributed by atoms with van der Waals surface area (Å²) in [6.45, 7) is 0. The number of fused-ring (bicyclic) bond motifs is 1. The number of hydrogen-bond donors (Lipinski definition) is 0. The third-order valence-corrected chi connectivity index (χ3v) is 2.83. The molecule has 1 aromatic rings. The first-order valence-electron chi connectivity index (χ1n) is 4.33. The zero-order valence-corrected chi connectivity index (χ0v) is 9.32. The molecule has 0 bridgehead atoms. The second-order valence-electron chi connectivity index (χ2n) is 3.13. The molecule has 0 radical (unpaired) electrons. The van der Waals surface area contributed by atoms with Crippen molar-refractivity contribution in [2.45, 2.75) is 6.10 Å². The van der Waals surface area contributed by atoms with Gasteiger partial charge in [-0.1, -0.05) is 28.1 Å². The summed E-state index contributed by atoms with van der Waals surface area (Å²) in [6.07, 6.45) is -0.408. The highest BCUT2D eigenvalue weighted by Gasteiger charge is 2.30. The number of para-hydroxylation sites is 2. The zero-order valence-electron chi connectivity index (χ0n) is 7.74. The SMILES string of the molecule is CN1C(=O)C(CBr)Oc2ccccc21. The number of amides is 1. The van der Waals surface area contributed by atoms with Crippen LogP contribution in [0.1, 0.15) is 0 Å². The third kappa shape index (κ3) is 1.39. The predicted molar refractivity (Wildman–Crippen MR) is 58.1 cm³/mol. The normalized spacial score (nSPS) is 20.3. The molecule has 0 saturated heterocycles. The lowest BCUT2D eigenvalue weighted by atomic mass is 10.2. The van der Waals surface area contributed by atoms with Gasteiger partial charge in [0.25, 0.3) is 5.91 Å². The molecular weight excluding hydrogens is 246 g/mol. The van der Waals surface area contributed by atoms with Gasteiger partial charge in [0.05, 0.1) is 5.69 Å². The number of halogens is 1. The van der Waals surface area contributed by atoms with Gasteiger partial charge in [0.2, 0.25) is 0 Å². The number of ether oxygens (including phenoxy) is 1. The van der Waals surface area contributed by atoms with Gasteiger partial charge < -0.3 is 9.64 Å². The van der Waals surface area contributed by atoms with Crippen molar-refractivity contribution in [3.05, 3.63) is 24.3 Å². The lowest BCUT2D eigenvalue weighted by Gasteiger charge is -2.30. The quantitative estimate of drug-likeness (QED) is 0.717. The van der Waals surface area contributed by atoms with E-state index in [1.54, 1.807) is 11.9 Å². The molecule has 0 spiro atoms. The molecule has 0 saturated carbocycles. The number of rotatable bonds is 1. The molecule has 0 aliphatic carbocycles. The van der Waals surface area contributed by atoms with E-state index < -0.39 is 6.10 Å². The van der Waals surface area contributed by atoms with Crippen molar-refractivity contribution in [2.24, 2.45) is 0 Å². The van der Waals surface area contributed by atoms with Crippen LogP contribution < -0.4 is 9.64 Å². The van der Waals surface area contributed by atoms with E-state index in [-0.39, 0.29) is 5.91 Å². The number of anilines is 1. The van der Waals surface area contributed by atoms with Gasteiger partial charge in [-0.05, 0) is 12.1 Å². The van der Waals surface area contributed by atoms with Crippen molar-refractivity contribution < 1.29 is 9.53 Å². The van der Waals surface area contributed by atoms with Crippen molar-refractivity contribution >= 4 is 27.5 Å². The van der Waals surface area contributed by atoms with Crippen molar-refractivity contribution in [3.63, 3.8) is 0 Å². The minimum Gasteiger partial charge on any atom is -0.478 e. The average Bonchev–Trinajstić information content (AvgIpc) is 2.23. The minimum absolute atomic E-state index is 0.0134. The number of benzene rings is 1. The fraction of sp³-hybridized carbons (Fsp3) is 0.300. The summed E-state index contributed by atoms with van der Waals surface area (Å²) in [4.78, 5) is 13.3. The Morgan fingerprint density at radius 2 is 2.21 bits per heavy atom. The third-order valence-electron chi connectivity index (χ3n) is 2.24. The van der Waals surface area contributed by atoms with Crippen molar-refractivity contribution in [1.82, 2.24) is 0 Å². The molecule has 0 aromatic heterocycles. The molecule has 1 unspecified atom stereocenters. The highest BCUT2D eigenvalue weighted by atomic mass is 79.9. The number of alkyl halides is 1. The van der Waals surface area contributed by atoms with Gasteiger partial charge in [-0.2, -0.15) is 0 Å². The Hall–Kier alpha value is -1.03. The topological polar surface area (TPSA) is 29.5 Å². The Morgan fingerprint density at radius 3 is 2.93 bits per heavy atom. The first-order valence-corrected chi connectivity index (χ1v) is 5.45. The summed E-state index contributed by atoms with van der Waals surface area (Å²) in [5.74, 6) is 0.750. The van der Waals surface area contributed by atoms with Crippen molar-refractivity contribution in [1.29, 1.82) is 0 Å². The van der Waals surface area contributed by atoms with Crippen LogP contribution in [0.2, 0.25) is 0 Å². The molecule has 0 N–H and O–H groups in total. The molecule has 4 heteroatoms. The molecule has 3 nitrogen and oxygen atoms in total. The van der Waals surface area contributed by atoms with E-state index in [9.17, 15) is 4.79 Å². The highest BCUT2D eigenvalue weighted by molar-refractivity contribution is 9.09. The summed E-state index contributed by atoms with van der Waals surface area (Å²) >= 11 is 3.26. The smallest absolute Gasteiger partial charge is 0.268 e. The Labute approximate surface area is 90.8 Å². The molecule has 0 fully saturated rings. The number of carbonyl (C=O) groups is 1. The van der Waals surface area contributed by atoms with E-state index in [1.165, 1.54) is 0 Å². The molecule has 1 heterocycles. The molecular formula is C10H10BrNO2. The van der Waals surface area contributed by atoms with E-state index in [4.69, 9.17) is 4.74 Å². The van der Waals surface area contributed by atoms with Crippen LogP contribution in [-0.4, -0.2) is 24.4 Å². The molecule has 2 rings (SSSR count). The van der Waals surface area contributed by atoms with Gasteiger partial charge in [-0.25, -0.2) is 0 Å². The van der Waals surface area contributed by atoms with E-state index >= 15 is 0 Å². The fourth-order valence-electron chi connectivity index (χ4n) is 1.47. The highest BCUT2D eigenvalue weighted by Crippen LogP contribution is 2.32. The largest absolute Gasteiger partial charge is 0.478 e. The predicted octanol–water partition coefficient (Wildman–Crippen LogP) is 1.81. The van der Waals surface area contributed by atoms with E-state index in [1.807, 2.05) is 24.3 Å². The average molecular weight is 256 g/mol. The number of carbonyl (C=O) groups excluding carboxylic acids is 1. The Bertz CT molecular complexity index is 367. The molecule has 14 heavy (non-hydrogen) atoms. The number of nitrogens with zero attached hydrogens (tertiary/aromatic N) is 1. The van der Waals surface area contributed by atoms with E-state index in [2.05, 4.69) is 15.9 Å². The maximum atomic E-state index is 11.7. The molecule has 1 aliphatic rings. The summed E-state index contributed by atoms with van der Waals surface area (Å²) in [5, 5.41) is 0.518. The van der Waals surface area contributed by atoms with Gasteiger partial charge in [-0.15, -0.1) is 0 Å². The molecule has 1 aromatic carbocycles. The molecule has 1 amide bonds. The van der Waals surface area contributed by atoms with Gasteiger partial charge in [-0.3, -0.25) is 4.79 Å². The summed E-state index contributed by atoms with van der Waals surface area (Å²) in [5.41, 5.74) is 0.828. The van der Waals surface area contributed by atoms with Crippen LogP contribution in [0.25, 0.3) is 0 Å². The van der Waals surface area contributed by atoms with Crippen molar-refractivity contribution in [2.75, 3.05) is 17.3 Å². The first-order chi connectivity index (χ1) is 6.74.